The van der Waals surface area contributed by atoms with Crippen LogP contribution in [0.25, 0.3) is 11.1 Å². The maximum Gasteiger partial charge on any atom is 0.236 e. The van der Waals surface area contributed by atoms with Crippen LogP contribution in [0, 0.1) is 6.92 Å². The number of amides is 1. The SMILES string of the molecule is Cc1ncccc1C1CCN(c2ncc(-c3cccc(CN(C)C(=O)CN)c3)cn2)CC1. The number of hydrogen-bond donors (Lipinski definition) is 1. The molecule has 3 aromatic rings. The van der Waals surface area contributed by atoms with E-state index in [1.165, 1.54) is 5.56 Å². The summed E-state index contributed by atoms with van der Waals surface area (Å²) >= 11 is 0. The van der Waals surface area contributed by atoms with E-state index in [-0.39, 0.29) is 12.5 Å². The number of rotatable bonds is 6. The molecular weight excluding hydrogens is 400 g/mol. The number of benzene rings is 1. The van der Waals surface area contributed by atoms with Crippen LogP contribution in [0.15, 0.2) is 55.0 Å². The Bertz CT molecular complexity index is 1060. The molecule has 1 saturated heterocycles. The van der Waals surface area contributed by atoms with Gasteiger partial charge in [0.15, 0.2) is 0 Å². The quantitative estimate of drug-likeness (QED) is 0.646. The Hall–Kier alpha value is -3.32. The fourth-order valence-corrected chi connectivity index (χ4v) is 4.32. The molecule has 7 nitrogen and oxygen atoms in total. The van der Waals surface area contributed by atoms with Crippen molar-refractivity contribution in [2.45, 2.75) is 32.2 Å². The highest BCUT2D eigenvalue weighted by molar-refractivity contribution is 5.77. The molecule has 3 heterocycles. The van der Waals surface area contributed by atoms with Crippen LogP contribution >= 0.6 is 0 Å². The van der Waals surface area contributed by atoms with Gasteiger partial charge in [0.2, 0.25) is 11.9 Å². The van der Waals surface area contributed by atoms with Crippen molar-refractivity contribution in [3.63, 3.8) is 0 Å². The smallest absolute Gasteiger partial charge is 0.236 e. The molecule has 166 valence electrons. The van der Waals surface area contributed by atoms with Crippen molar-refractivity contribution < 1.29 is 4.79 Å². The van der Waals surface area contributed by atoms with Crippen LogP contribution in [0.5, 0.6) is 0 Å². The summed E-state index contributed by atoms with van der Waals surface area (Å²) in [6.07, 6.45) is 7.78. The lowest BCUT2D eigenvalue weighted by Crippen LogP contribution is -2.34. The van der Waals surface area contributed by atoms with E-state index in [4.69, 9.17) is 5.73 Å². The molecule has 2 aromatic heterocycles. The number of nitrogens with zero attached hydrogens (tertiary/aromatic N) is 5. The molecule has 0 atom stereocenters. The van der Waals surface area contributed by atoms with Crippen LogP contribution in [0.3, 0.4) is 0 Å². The standard InChI is InChI=1S/C25H30N6O/c1-18-23(7-4-10-27-18)20-8-11-31(12-9-20)25-28-15-22(16-29-25)21-6-3-5-19(13-21)17-30(2)24(32)14-26/h3-7,10,13,15-16,20H,8-9,11-12,14,17,26H2,1-2H3. The van der Waals surface area contributed by atoms with Crippen LogP contribution in [0.4, 0.5) is 5.95 Å². The van der Waals surface area contributed by atoms with E-state index in [1.54, 1.807) is 11.9 Å². The van der Waals surface area contributed by atoms with Crippen molar-refractivity contribution in [2.24, 2.45) is 5.73 Å². The molecule has 0 spiro atoms. The molecule has 0 radical (unpaired) electrons. The summed E-state index contributed by atoms with van der Waals surface area (Å²) in [7, 11) is 1.76. The molecule has 1 aliphatic heterocycles. The van der Waals surface area contributed by atoms with E-state index >= 15 is 0 Å². The number of likely N-dealkylation sites (N-methyl/N-ethyl adjacent to an activating group) is 1. The number of carbonyl (C=O) groups is 1. The molecule has 1 aromatic carbocycles. The van der Waals surface area contributed by atoms with E-state index in [2.05, 4.69) is 38.9 Å². The van der Waals surface area contributed by atoms with Crippen LogP contribution in [0.1, 0.15) is 35.6 Å². The topological polar surface area (TPSA) is 88.2 Å². The number of pyridine rings is 1. The van der Waals surface area contributed by atoms with Gasteiger partial charge in [-0.25, -0.2) is 9.97 Å². The first kappa shape index (κ1) is 21.9. The minimum atomic E-state index is -0.0782. The molecule has 1 amide bonds. The molecule has 7 heteroatoms. The zero-order chi connectivity index (χ0) is 22.5. The van der Waals surface area contributed by atoms with Gasteiger partial charge < -0.3 is 15.5 Å². The zero-order valence-corrected chi connectivity index (χ0v) is 18.7. The first-order valence-electron chi connectivity index (χ1n) is 11.1. The van der Waals surface area contributed by atoms with Crippen LogP contribution in [-0.2, 0) is 11.3 Å². The van der Waals surface area contributed by atoms with Crippen LogP contribution in [0.2, 0.25) is 0 Å². The predicted molar refractivity (Wildman–Crippen MR) is 126 cm³/mol. The second kappa shape index (κ2) is 9.87. The summed E-state index contributed by atoms with van der Waals surface area (Å²) in [6.45, 7) is 4.51. The first-order valence-corrected chi connectivity index (χ1v) is 11.1. The third kappa shape index (κ3) is 4.94. The second-order valence-electron chi connectivity index (χ2n) is 8.37. The van der Waals surface area contributed by atoms with Gasteiger partial charge in [-0.2, -0.15) is 0 Å². The minimum Gasteiger partial charge on any atom is -0.341 e. The van der Waals surface area contributed by atoms with Gasteiger partial charge in [-0.1, -0.05) is 24.3 Å². The Morgan fingerprint density at radius 2 is 1.84 bits per heavy atom. The van der Waals surface area contributed by atoms with Gasteiger partial charge >= 0.3 is 0 Å². The highest BCUT2D eigenvalue weighted by Crippen LogP contribution is 2.31. The van der Waals surface area contributed by atoms with Crippen molar-refractivity contribution in [1.82, 2.24) is 19.9 Å². The Balaban J connectivity index is 1.40. The van der Waals surface area contributed by atoms with Crippen molar-refractivity contribution in [3.8, 4) is 11.1 Å². The largest absolute Gasteiger partial charge is 0.341 e. The molecule has 4 rings (SSSR count). The summed E-state index contributed by atoms with van der Waals surface area (Å²) in [5.74, 6) is 1.25. The van der Waals surface area contributed by atoms with E-state index in [0.29, 0.717) is 12.5 Å². The average molecular weight is 431 g/mol. The van der Waals surface area contributed by atoms with Gasteiger partial charge in [-0.05, 0) is 54.5 Å². The van der Waals surface area contributed by atoms with Crippen LogP contribution < -0.4 is 10.6 Å². The molecule has 0 saturated carbocycles. The number of anilines is 1. The second-order valence-corrected chi connectivity index (χ2v) is 8.37. The Morgan fingerprint density at radius 1 is 1.09 bits per heavy atom. The number of aryl methyl sites for hydroxylation is 1. The average Bonchev–Trinajstić information content (AvgIpc) is 2.84. The van der Waals surface area contributed by atoms with Gasteiger partial charge in [-0.3, -0.25) is 9.78 Å². The highest BCUT2D eigenvalue weighted by atomic mass is 16.2. The Labute approximate surface area is 189 Å². The number of piperidine rings is 1. The fourth-order valence-electron chi connectivity index (χ4n) is 4.32. The summed E-state index contributed by atoms with van der Waals surface area (Å²) in [4.78, 5) is 29.4. The van der Waals surface area contributed by atoms with Gasteiger partial charge in [0.25, 0.3) is 0 Å². The van der Waals surface area contributed by atoms with Crippen molar-refractivity contribution in [2.75, 3.05) is 31.6 Å². The third-order valence-corrected chi connectivity index (χ3v) is 6.18. The lowest BCUT2D eigenvalue weighted by Gasteiger charge is -2.32. The highest BCUT2D eigenvalue weighted by Gasteiger charge is 2.23. The van der Waals surface area contributed by atoms with Gasteiger partial charge in [0, 0.05) is 56.5 Å². The number of carbonyl (C=O) groups excluding carboxylic acids is 1. The minimum absolute atomic E-state index is 0.0184. The summed E-state index contributed by atoms with van der Waals surface area (Å²) in [5, 5.41) is 0. The maximum absolute atomic E-state index is 11.7. The normalized spacial score (nSPS) is 14.4. The van der Waals surface area contributed by atoms with Gasteiger partial charge in [-0.15, -0.1) is 0 Å². The Kier molecular flexibility index (Phi) is 6.75. The molecule has 1 aliphatic rings. The predicted octanol–water partition coefficient (Wildman–Crippen LogP) is 3.15. The molecule has 32 heavy (non-hydrogen) atoms. The van der Waals surface area contributed by atoms with Crippen molar-refractivity contribution in [1.29, 1.82) is 0 Å². The third-order valence-electron chi connectivity index (χ3n) is 6.18. The monoisotopic (exact) mass is 430 g/mol. The first-order chi connectivity index (χ1) is 15.5. The van der Waals surface area contributed by atoms with Crippen molar-refractivity contribution in [3.05, 3.63) is 71.8 Å². The lowest BCUT2D eigenvalue weighted by molar-refractivity contribution is -0.128. The number of nitrogens with two attached hydrogens (primary N) is 1. The van der Waals surface area contributed by atoms with Gasteiger partial charge in [0.1, 0.15) is 0 Å². The molecule has 0 bridgehead atoms. The Morgan fingerprint density at radius 3 is 2.53 bits per heavy atom. The number of hydrogen-bond acceptors (Lipinski definition) is 6. The van der Waals surface area contributed by atoms with Crippen molar-refractivity contribution >= 4 is 11.9 Å². The van der Waals surface area contributed by atoms with Crippen LogP contribution in [-0.4, -0.2) is 52.4 Å². The van der Waals surface area contributed by atoms with E-state index in [0.717, 1.165) is 54.3 Å². The van der Waals surface area contributed by atoms with E-state index in [1.807, 2.05) is 42.9 Å². The molecule has 2 N–H and O–H groups in total. The number of aromatic nitrogens is 3. The van der Waals surface area contributed by atoms with E-state index in [9.17, 15) is 4.79 Å². The summed E-state index contributed by atoms with van der Waals surface area (Å²) < 4.78 is 0. The van der Waals surface area contributed by atoms with Gasteiger partial charge in [0.05, 0.1) is 6.54 Å². The maximum atomic E-state index is 11.7. The lowest BCUT2D eigenvalue weighted by atomic mass is 9.89. The summed E-state index contributed by atoms with van der Waals surface area (Å²) in [5.41, 5.74) is 11.0. The molecular formula is C25H30N6O. The summed E-state index contributed by atoms with van der Waals surface area (Å²) in [6, 6.07) is 12.3. The van der Waals surface area contributed by atoms with E-state index < -0.39 is 0 Å². The molecule has 0 aliphatic carbocycles. The molecule has 0 unspecified atom stereocenters. The molecule has 1 fully saturated rings. The zero-order valence-electron chi connectivity index (χ0n) is 18.7. The fraction of sp³-hybridized carbons (Fsp3) is 0.360.